The molecule has 4 aliphatic rings. The summed E-state index contributed by atoms with van der Waals surface area (Å²) >= 11 is 8.26. The summed E-state index contributed by atoms with van der Waals surface area (Å²) in [6.07, 6.45) is 14.8. The van der Waals surface area contributed by atoms with Crippen molar-refractivity contribution in [2.45, 2.75) is 101 Å². The minimum Gasteiger partial charge on any atom is -0.684 e. The zero-order chi connectivity index (χ0) is 34.6. The Kier molecular flexibility index (Phi) is 11.3. The van der Waals surface area contributed by atoms with E-state index in [2.05, 4.69) is 144 Å². The van der Waals surface area contributed by atoms with Gasteiger partial charge in [-0.1, -0.05) is 140 Å². The van der Waals surface area contributed by atoms with E-state index in [4.69, 9.17) is 10.6 Å². The molecule has 0 heterocycles. The van der Waals surface area contributed by atoms with Crippen molar-refractivity contribution in [1.29, 1.82) is 0 Å². The summed E-state index contributed by atoms with van der Waals surface area (Å²) in [5, 5.41) is 11.6. The maximum atomic E-state index is 6.22. The van der Waals surface area contributed by atoms with Gasteiger partial charge in [-0.2, -0.15) is 0 Å². The van der Waals surface area contributed by atoms with Crippen LogP contribution < -0.4 is 0 Å². The number of nitrogens with zero attached hydrogens (tertiary/aromatic N) is 2. The van der Waals surface area contributed by atoms with Gasteiger partial charge in [-0.15, -0.1) is 17.9 Å². The Hall–Kier alpha value is -1.98. The van der Waals surface area contributed by atoms with Crippen LogP contribution in [0.5, 0.6) is 0 Å². The fourth-order valence-electron chi connectivity index (χ4n) is 10.1. The van der Waals surface area contributed by atoms with E-state index in [0.29, 0.717) is 0 Å². The summed E-state index contributed by atoms with van der Waals surface area (Å²) in [7, 11) is -0.960. The number of hydrogen-bond donors (Lipinski definition) is 0. The molecule has 1 radical (unpaired) electrons. The zero-order valence-corrected chi connectivity index (χ0v) is 37.0. The third-order valence-corrected chi connectivity index (χ3v) is 15.6. The van der Waals surface area contributed by atoms with E-state index in [1.807, 2.05) is 0 Å². The van der Waals surface area contributed by atoms with E-state index in [1.54, 1.807) is 11.1 Å². The van der Waals surface area contributed by atoms with Gasteiger partial charge in [0.15, 0.2) is 0 Å². The van der Waals surface area contributed by atoms with Crippen molar-refractivity contribution >= 4 is 64.2 Å². The van der Waals surface area contributed by atoms with Gasteiger partial charge in [-0.25, -0.2) is 0 Å². The van der Waals surface area contributed by atoms with Crippen molar-refractivity contribution in [3.63, 3.8) is 0 Å². The Morgan fingerprint density at radius 3 is 1.55 bits per heavy atom. The average molecular weight is 895 g/mol. The van der Waals surface area contributed by atoms with E-state index in [1.165, 1.54) is 79.2 Å². The van der Waals surface area contributed by atoms with E-state index in [9.17, 15) is 0 Å². The predicted octanol–water partition coefficient (Wildman–Crippen LogP) is 13.9. The average Bonchev–Trinajstić information content (AvgIpc) is 3.64. The molecule has 0 bridgehead atoms. The first-order valence-electron chi connectivity index (χ1n) is 18.6. The molecule has 3 atom stereocenters. The fourth-order valence-corrected chi connectivity index (χ4v) is 13.2. The molecule has 0 spiro atoms. The Balaban J connectivity index is 0.00000406. The smallest absolute Gasteiger partial charge is 0.684 e. The van der Waals surface area contributed by atoms with Crippen LogP contribution in [0.15, 0.2) is 92.9 Å². The maximum absolute atomic E-state index is 6.22. The topological polar surface area (TPSA) is 28.2 Å². The Labute approximate surface area is 343 Å². The summed E-state index contributed by atoms with van der Waals surface area (Å²) < 4.78 is 2.57. The fraction of sp³-hybridized carbons (Fsp3) is 0.378. The molecule has 0 saturated carbocycles. The summed E-state index contributed by atoms with van der Waals surface area (Å²) in [5.41, 5.74) is 16.8. The minimum atomic E-state index is -0.960. The molecule has 6 heteroatoms. The molecule has 0 aromatic heterocycles. The molecule has 0 amide bonds. The van der Waals surface area contributed by atoms with Crippen LogP contribution in [0.4, 0.5) is 11.4 Å². The van der Waals surface area contributed by atoms with Crippen molar-refractivity contribution in [3.8, 4) is 0 Å². The van der Waals surface area contributed by atoms with Crippen LogP contribution >= 0.6 is 31.9 Å². The van der Waals surface area contributed by atoms with E-state index >= 15 is 0 Å². The number of rotatable bonds is 9. The van der Waals surface area contributed by atoms with Crippen molar-refractivity contribution in [1.82, 2.24) is 0 Å². The summed E-state index contributed by atoms with van der Waals surface area (Å²) in [4.78, 5) is 0. The monoisotopic (exact) mass is 891 g/mol. The summed E-state index contributed by atoms with van der Waals surface area (Å²) in [6.45, 7) is 10.6. The van der Waals surface area contributed by atoms with Crippen molar-refractivity contribution in [2.24, 2.45) is 0 Å². The SMILES string of the molecule is CC1=Cc2c(cc(Br)c3c2CCCC3)C1C([N-]c1ccccc1)(C1C(C)=Cc2c1cc(Br)c1c2CCCC1)C(C[N-]c1ccccc1)[Si](C)C.[Zr+2]. The van der Waals surface area contributed by atoms with Crippen LogP contribution in [-0.2, 0) is 51.9 Å². The molecule has 0 saturated heterocycles. The Bertz CT molecular complexity index is 1890. The quantitative estimate of drug-likeness (QED) is 0.150. The van der Waals surface area contributed by atoms with Gasteiger partial charge in [0.1, 0.15) is 0 Å². The Morgan fingerprint density at radius 2 is 1.10 bits per heavy atom. The van der Waals surface area contributed by atoms with Crippen molar-refractivity contribution in [3.05, 3.63) is 148 Å². The number of halogens is 2. The maximum Gasteiger partial charge on any atom is 2.00 e. The summed E-state index contributed by atoms with van der Waals surface area (Å²) in [6, 6.07) is 26.5. The van der Waals surface area contributed by atoms with Gasteiger partial charge < -0.3 is 10.6 Å². The molecule has 2 nitrogen and oxygen atoms in total. The molecule has 0 fully saturated rings. The van der Waals surface area contributed by atoms with Crippen LogP contribution in [0.2, 0.25) is 18.6 Å². The van der Waals surface area contributed by atoms with Gasteiger partial charge in [-0.05, 0) is 134 Å². The van der Waals surface area contributed by atoms with Crippen molar-refractivity contribution in [2.75, 3.05) is 6.54 Å². The van der Waals surface area contributed by atoms with E-state index < -0.39 is 14.3 Å². The second-order valence-corrected chi connectivity index (χ2v) is 19.9. The van der Waals surface area contributed by atoms with Crippen LogP contribution in [0.25, 0.3) is 22.8 Å². The molecule has 259 valence electrons. The molecule has 4 aromatic rings. The Morgan fingerprint density at radius 1 is 0.667 bits per heavy atom. The van der Waals surface area contributed by atoms with Gasteiger partial charge in [-0.3, -0.25) is 0 Å². The minimum absolute atomic E-state index is 0. The standard InChI is InChI=1S/C45H47Br2N2Si.Zr/c1-28-23-36-32-19-11-13-21-34(32)40(46)25-38(36)43(28)45(49-31-17-9-6-10-18-31,42(50(3)4)27-48-30-15-7-5-8-16-30)44-29(2)24-37-33-20-12-14-22-35(33)41(47)26-39(37)44;/h5-10,15-18,23-26,42-44H,11-14,19-22,27H2,1-4H3;/q-2;+2. The number of para-hydroxylation sites is 2. The summed E-state index contributed by atoms with van der Waals surface area (Å²) in [5.74, 6) is 0.234. The van der Waals surface area contributed by atoms with E-state index in [-0.39, 0.29) is 43.6 Å². The zero-order valence-electron chi connectivity index (χ0n) is 30.3. The number of hydrogen-bond acceptors (Lipinski definition) is 0. The second-order valence-electron chi connectivity index (χ2n) is 15.3. The third-order valence-electron chi connectivity index (χ3n) is 12.1. The van der Waals surface area contributed by atoms with Gasteiger partial charge in [0.2, 0.25) is 0 Å². The van der Waals surface area contributed by atoms with E-state index in [0.717, 1.165) is 43.6 Å². The number of benzene rings is 4. The molecule has 4 aromatic carbocycles. The first-order chi connectivity index (χ1) is 24.3. The van der Waals surface area contributed by atoms with Crippen molar-refractivity contribution < 1.29 is 26.2 Å². The van der Waals surface area contributed by atoms with Gasteiger partial charge in [0, 0.05) is 17.7 Å². The first-order valence-corrected chi connectivity index (χ1v) is 22.8. The molecule has 8 rings (SSSR count). The van der Waals surface area contributed by atoms with Gasteiger partial charge >= 0.3 is 26.2 Å². The van der Waals surface area contributed by atoms with Gasteiger partial charge in [0.25, 0.3) is 0 Å². The van der Waals surface area contributed by atoms with Crippen LogP contribution in [0, 0.1) is 0 Å². The molecule has 3 unspecified atom stereocenters. The molecule has 0 N–H and O–H groups in total. The molecular weight excluding hydrogens is 848 g/mol. The van der Waals surface area contributed by atoms with Gasteiger partial charge in [0.05, 0.1) is 0 Å². The van der Waals surface area contributed by atoms with Crippen LogP contribution in [-0.4, -0.2) is 20.9 Å². The molecule has 0 aliphatic heterocycles. The number of fused-ring (bicyclic) bond motifs is 6. The molecular formula is C45H47Br2N2SiZr. The first kappa shape index (κ1) is 37.3. The largest absolute Gasteiger partial charge is 2.00 e. The predicted molar refractivity (Wildman–Crippen MR) is 222 cm³/mol. The normalized spacial score (nSPS) is 20.5. The van der Waals surface area contributed by atoms with Crippen LogP contribution in [0.1, 0.15) is 95.9 Å². The molecule has 4 aliphatic carbocycles. The second kappa shape index (κ2) is 15.4. The third kappa shape index (κ3) is 6.61. The van der Waals surface area contributed by atoms with Crippen LogP contribution in [0.3, 0.4) is 0 Å². The molecule has 51 heavy (non-hydrogen) atoms.